The van der Waals surface area contributed by atoms with E-state index in [4.69, 9.17) is 18.0 Å². The SMILES string of the molecule is NC(=S)Cc1cc(F)cc(Br)c1. The van der Waals surface area contributed by atoms with Gasteiger partial charge in [0.2, 0.25) is 0 Å². The van der Waals surface area contributed by atoms with Crippen LogP contribution in [-0.2, 0) is 6.42 Å². The van der Waals surface area contributed by atoms with E-state index in [9.17, 15) is 4.39 Å². The molecule has 0 aliphatic heterocycles. The zero-order valence-electron chi connectivity index (χ0n) is 6.18. The molecule has 12 heavy (non-hydrogen) atoms. The summed E-state index contributed by atoms with van der Waals surface area (Å²) in [5, 5.41) is 0. The third-order valence-electron chi connectivity index (χ3n) is 1.30. The smallest absolute Gasteiger partial charge is 0.124 e. The molecule has 1 aromatic rings. The molecular formula is C8H7BrFNS. The highest BCUT2D eigenvalue weighted by molar-refractivity contribution is 9.10. The monoisotopic (exact) mass is 247 g/mol. The quantitative estimate of drug-likeness (QED) is 0.813. The molecule has 0 aliphatic carbocycles. The maximum absolute atomic E-state index is 12.8. The fourth-order valence-electron chi connectivity index (χ4n) is 0.914. The van der Waals surface area contributed by atoms with E-state index in [1.165, 1.54) is 12.1 Å². The largest absolute Gasteiger partial charge is 0.393 e. The minimum Gasteiger partial charge on any atom is -0.393 e. The maximum atomic E-state index is 12.8. The van der Waals surface area contributed by atoms with E-state index < -0.39 is 0 Å². The Balaban J connectivity index is 2.93. The standard InChI is InChI=1S/C8H7BrFNS/c9-6-1-5(3-8(11)12)2-7(10)4-6/h1-2,4H,3H2,(H2,11,12). The Morgan fingerprint density at radius 2 is 2.17 bits per heavy atom. The number of hydrogen-bond acceptors (Lipinski definition) is 1. The van der Waals surface area contributed by atoms with E-state index in [1.54, 1.807) is 6.07 Å². The van der Waals surface area contributed by atoms with Crippen molar-refractivity contribution in [1.29, 1.82) is 0 Å². The molecule has 1 nitrogen and oxygen atoms in total. The summed E-state index contributed by atoms with van der Waals surface area (Å²) >= 11 is 7.88. The van der Waals surface area contributed by atoms with Gasteiger partial charge >= 0.3 is 0 Å². The molecule has 0 fully saturated rings. The third-order valence-corrected chi connectivity index (χ3v) is 1.90. The lowest BCUT2D eigenvalue weighted by molar-refractivity contribution is 0.625. The first-order chi connectivity index (χ1) is 5.58. The number of halogens is 2. The normalized spacial score (nSPS) is 9.83. The minimum absolute atomic E-state index is 0.282. The average Bonchev–Trinajstić information content (AvgIpc) is 1.81. The molecule has 0 unspecified atom stereocenters. The van der Waals surface area contributed by atoms with E-state index in [-0.39, 0.29) is 5.82 Å². The molecule has 0 aliphatic rings. The van der Waals surface area contributed by atoms with Crippen LogP contribution >= 0.6 is 28.1 Å². The summed E-state index contributed by atoms with van der Waals surface area (Å²) in [4.78, 5) is 0.368. The maximum Gasteiger partial charge on any atom is 0.124 e. The van der Waals surface area contributed by atoms with Gasteiger partial charge in [-0.1, -0.05) is 28.1 Å². The van der Waals surface area contributed by atoms with Gasteiger partial charge in [0.1, 0.15) is 5.82 Å². The van der Waals surface area contributed by atoms with Crippen molar-refractivity contribution in [3.05, 3.63) is 34.1 Å². The van der Waals surface area contributed by atoms with Crippen molar-refractivity contribution in [3.63, 3.8) is 0 Å². The van der Waals surface area contributed by atoms with Gasteiger partial charge < -0.3 is 5.73 Å². The first-order valence-electron chi connectivity index (χ1n) is 3.31. The molecule has 1 aromatic carbocycles. The second-order valence-electron chi connectivity index (χ2n) is 2.42. The van der Waals surface area contributed by atoms with Gasteiger partial charge in [-0.25, -0.2) is 4.39 Å². The van der Waals surface area contributed by atoms with Crippen LogP contribution in [0.1, 0.15) is 5.56 Å². The lowest BCUT2D eigenvalue weighted by atomic mass is 10.1. The van der Waals surface area contributed by atoms with Gasteiger partial charge in [-0.15, -0.1) is 0 Å². The molecule has 0 heterocycles. The van der Waals surface area contributed by atoms with Gasteiger partial charge in [-0.05, 0) is 23.8 Å². The second-order valence-corrected chi connectivity index (χ2v) is 3.86. The molecule has 0 radical (unpaired) electrons. The lowest BCUT2D eigenvalue weighted by Gasteiger charge is -2.00. The Hall–Kier alpha value is -0.480. The van der Waals surface area contributed by atoms with Crippen LogP contribution in [-0.4, -0.2) is 4.99 Å². The van der Waals surface area contributed by atoms with E-state index >= 15 is 0 Å². The zero-order valence-corrected chi connectivity index (χ0v) is 8.58. The molecule has 1 rings (SSSR count). The van der Waals surface area contributed by atoms with Crippen molar-refractivity contribution in [2.24, 2.45) is 5.73 Å². The first kappa shape index (κ1) is 9.61. The molecule has 4 heteroatoms. The lowest BCUT2D eigenvalue weighted by Crippen LogP contribution is -2.11. The van der Waals surface area contributed by atoms with Crippen LogP contribution in [0.25, 0.3) is 0 Å². The predicted octanol–water partition coefficient (Wildman–Crippen LogP) is 2.42. The van der Waals surface area contributed by atoms with E-state index in [1.807, 2.05) is 0 Å². The number of rotatable bonds is 2. The summed E-state index contributed by atoms with van der Waals surface area (Å²) in [6.45, 7) is 0. The van der Waals surface area contributed by atoms with Crippen molar-refractivity contribution in [2.45, 2.75) is 6.42 Å². The molecule has 0 saturated carbocycles. The summed E-state index contributed by atoms with van der Waals surface area (Å²) in [5.41, 5.74) is 6.10. The van der Waals surface area contributed by atoms with Gasteiger partial charge in [0.15, 0.2) is 0 Å². The van der Waals surface area contributed by atoms with Crippen molar-refractivity contribution in [1.82, 2.24) is 0 Å². The molecule has 64 valence electrons. The van der Waals surface area contributed by atoms with Crippen molar-refractivity contribution < 1.29 is 4.39 Å². The van der Waals surface area contributed by atoms with Crippen LogP contribution in [0.5, 0.6) is 0 Å². The average molecular weight is 248 g/mol. The Kier molecular flexibility index (Phi) is 3.17. The number of benzene rings is 1. The molecule has 0 atom stereocenters. The van der Waals surface area contributed by atoms with Gasteiger partial charge in [0, 0.05) is 10.9 Å². The number of nitrogens with two attached hydrogens (primary N) is 1. The van der Waals surface area contributed by atoms with Crippen LogP contribution in [0, 0.1) is 5.82 Å². The van der Waals surface area contributed by atoms with Crippen molar-refractivity contribution >= 4 is 33.1 Å². The van der Waals surface area contributed by atoms with Gasteiger partial charge in [-0.2, -0.15) is 0 Å². The highest BCUT2D eigenvalue weighted by Gasteiger charge is 1.99. The Labute approximate surface area is 83.9 Å². The molecule has 0 amide bonds. The third kappa shape index (κ3) is 2.87. The van der Waals surface area contributed by atoms with Crippen LogP contribution in [0.2, 0.25) is 0 Å². The fourth-order valence-corrected chi connectivity index (χ4v) is 1.59. The minimum atomic E-state index is -0.282. The van der Waals surface area contributed by atoms with Gasteiger partial charge in [0.05, 0.1) is 4.99 Å². The van der Waals surface area contributed by atoms with Gasteiger partial charge in [-0.3, -0.25) is 0 Å². The highest BCUT2D eigenvalue weighted by Crippen LogP contribution is 2.15. The number of thiocarbonyl (C=S) groups is 1. The number of hydrogen-bond donors (Lipinski definition) is 1. The van der Waals surface area contributed by atoms with Gasteiger partial charge in [0.25, 0.3) is 0 Å². The molecule has 2 N–H and O–H groups in total. The molecule has 0 saturated heterocycles. The fraction of sp³-hybridized carbons (Fsp3) is 0.125. The summed E-state index contributed by atoms with van der Waals surface area (Å²) in [6.07, 6.45) is 0.436. The molecule has 0 aromatic heterocycles. The highest BCUT2D eigenvalue weighted by atomic mass is 79.9. The second kappa shape index (κ2) is 3.96. The summed E-state index contributed by atoms with van der Waals surface area (Å²) in [7, 11) is 0. The first-order valence-corrected chi connectivity index (χ1v) is 4.51. The molecule has 0 bridgehead atoms. The summed E-state index contributed by atoms with van der Waals surface area (Å²) < 4.78 is 13.5. The van der Waals surface area contributed by atoms with E-state index in [0.29, 0.717) is 15.9 Å². The van der Waals surface area contributed by atoms with Crippen molar-refractivity contribution in [2.75, 3.05) is 0 Å². The van der Waals surface area contributed by atoms with Crippen LogP contribution in [0.3, 0.4) is 0 Å². The van der Waals surface area contributed by atoms with E-state index in [0.717, 1.165) is 5.56 Å². The van der Waals surface area contributed by atoms with E-state index in [2.05, 4.69) is 15.9 Å². The van der Waals surface area contributed by atoms with Crippen molar-refractivity contribution in [3.8, 4) is 0 Å². The van der Waals surface area contributed by atoms with Crippen LogP contribution in [0.15, 0.2) is 22.7 Å². The predicted molar refractivity (Wildman–Crippen MR) is 54.6 cm³/mol. The van der Waals surface area contributed by atoms with Crippen LogP contribution in [0.4, 0.5) is 4.39 Å². The topological polar surface area (TPSA) is 26.0 Å². The Bertz CT molecular complexity index is 294. The van der Waals surface area contributed by atoms with Crippen LogP contribution < -0.4 is 5.73 Å². The Morgan fingerprint density at radius 1 is 1.50 bits per heavy atom. The summed E-state index contributed by atoms with van der Waals surface area (Å²) in [6, 6.07) is 4.61. The Morgan fingerprint density at radius 3 is 2.67 bits per heavy atom. The summed E-state index contributed by atoms with van der Waals surface area (Å²) in [5.74, 6) is -0.282. The molecule has 0 spiro atoms. The zero-order chi connectivity index (χ0) is 9.14. The molecular weight excluding hydrogens is 241 g/mol.